The first kappa shape index (κ1) is 14.7. The molecule has 1 amide bonds. The first-order valence-corrected chi connectivity index (χ1v) is 8.14. The molecule has 6 heteroatoms. The average Bonchev–Trinajstić information content (AvgIpc) is 3.10. The van der Waals surface area contributed by atoms with E-state index in [0.29, 0.717) is 12.2 Å². The van der Waals surface area contributed by atoms with Crippen LogP contribution in [0, 0.1) is 13.8 Å². The Kier molecular flexibility index (Phi) is 4.20. The molecule has 114 valence electrons. The number of fused-ring (bicyclic) bond motifs is 1. The maximum Gasteiger partial charge on any atom is 0.270 e. The van der Waals surface area contributed by atoms with Crippen molar-refractivity contribution in [2.45, 2.75) is 26.8 Å². The summed E-state index contributed by atoms with van der Waals surface area (Å²) in [6, 6.07) is 6.31. The number of aromatic nitrogens is 3. The Morgan fingerprint density at radius 3 is 3.00 bits per heavy atom. The van der Waals surface area contributed by atoms with Crippen LogP contribution in [0.3, 0.4) is 0 Å². The summed E-state index contributed by atoms with van der Waals surface area (Å²) >= 11 is 1.49. The Morgan fingerprint density at radius 2 is 2.23 bits per heavy atom. The predicted molar refractivity (Wildman–Crippen MR) is 88.3 cm³/mol. The Hall–Kier alpha value is -2.21. The fourth-order valence-electron chi connectivity index (χ4n) is 2.35. The number of rotatable bonds is 5. The largest absolute Gasteiger partial charge is 0.351 e. The lowest BCUT2D eigenvalue weighted by molar-refractivity contribution is 0.0948. The van der Waals surface area contributed by atoms with Gasteiger partial charge < -0.3 is 5.32 Å². The van der Waals surface area contributed by atoms with Crippen LogP contribution in [-0.2, 0) is 6.54 Å². The fourth-order valence-corrected chi connectivity index (χ4v) is 2.94. The molecule has 5 nitrogen and oxygen atoms in total. The van der Waals surface area contributed by atoms with Gasteiger partial charge in [0.05, 0.1) is 16.7 Å². The van der Waals surface area contributed by atoms with E-state index in [2.05, 4.69) is 40.5 Å². The van der Waals surface area contributed by atoms with Crippen LogP contribution in [0.1, 0.15) is 27.5 Å². The van der Waals surface area contributed by atoms with E-state index in [4.69, 9.17) is 0 Å². The summed E-state index contributed by atoms with van der Waals surface area (Å²) in [5, 5.41) is 11.1. The van der Waals surface area contributed by atoms with Gasteiger partial charge in [-0.25, -0.2) is 4.98 Å². The SMILES string of the molecule is Cc1ccc2cnn(CCCNC(=O)c3csc(C)n3)c2c1. The Labute approximate surface area is 133 Å². The highest BCUT2D eigenvalue weighted by atomic mass is 32.1. The molecular weight excluding hydrogens is 296 g/mol. The zero-order chi connectivity index (χ0) is 15.5. The average molecular weight is 314 g/mol. The number of carbonyl (C=O) groups excluding carboxylic acids is 1. The summed E-state index contributed by atoms with van der Waals surface area (Å²) in [5.74, 6) is -0.106. The highest BCUT2D eigenvalue weighted by Crippen LogP contribution is 2.15. The third kappa shape index (κ3) is 3.17. The highest BCUT2D eigenvalue weighted by Gasteiger charge is 2.08. The minimum Gasteiger partial charge on any atom is -0.351 e. The minimum absolute atomic E-state index is 0.106. The number of aryl methyl sites for hydroxylation is 3. The van der Waals surface area contributed by atoms with Crippen molar-refractivity contribution >= 4 is 28.1 Å². The molecule has 0 unspecified atom stereocenters. The third-order valence-corrected chi connectivity index (χ3v) is 4.26. The molecular formula is C16H18N4OS. The summed E-state index contributed by atoms with van der Waals surface area (Å²) in [5.41, 5.74) is 2.87. The third-order valence-electron chi connectivity index (χ3n) is 3.48. The predicted octanol–water partition coefficient (Wildman–Crippen LogP) is 2.93. The van der Waals surface area contributed by atoms with E-state index in [1.54, 1.807) is 5.38 Å². The molecule has 2 heterocycles. The Balaban J connectivity index is 1.54. The first-order valence-electron chi connectivity index (χ1n) is 7.26. The van der Waals surface area contributed by atoms with Crippen LogP contribution in [-0.4, -0.2) is 27.2 Å². The van der Waals surface area contributed by atoms with Gasteiger partial charge in [0, 0.05) is 23.9 Å². The van der Waals surface area contributed by atoms with E-state index >= 15 is 0 Å². The highest BCUT2D eigenvalue weighted by molar-refractivity contribution is 7.09. The lowest BCUT2D eigenvalue weighted by Crippen LogP contribution is -2.25. The van der Waals surface area contributed by atoms with E-state index in [-0.39, 0.29) is 5.91 Å². The topological polar surface area (TPSA) is 59.8 Å². The van der Waals surface area contributed by atoms with Gasteiger partial charge in [-0.05, 0) is 31.9 Å². The van der Waals surface area contributed by atoms with Crippen LogP contribution in [0.25, 0.3) is 10.9 Å². The molecule has 0 aliphatic rings. The van der Waals surface area contributed by atoms with Crippen LogP contribution >= 0.6 is 11.3 Å². The lowest BCUT2D eigenvalue weighted by Gasteiger charge is -2.05. The standard InChI is InChI=1S/C16H18N4OS/c1-11-4-5-13-9-18-20(15(13)8-11)7-3-6-17-16(21)14-10-22-12(2)19-14/h4-5,8-10H,3,6-7H2,1-2H3,(H,17,21). The van der Waals surface area contributed by atoms with Crippen molar-refractivity contribution in [3.8, 4) is 0 Å². The van der Waals surface area contributed by atoms with Crippen molar-refractivity contribution in [2.75, 3.05) is 6.54 Å². The number of benzene rings is 1. The van der Waals surface area contributed by atoms with Gasteiger partial charge in [-0.1, -0.05) is 12.1 Å². The van der Waals surface area contributed by atoms with Gasteiger partial charge in [-0.15, -0.1) is 11.3 Å². The van der Waals surface area contributed by atoms with Crippen molar-refractivity contribution in [2.24, 2.45) is 0 Å². The molecule has 0 bridgehead atoms. The normalized spacial score (nSPS) is 11.0. The van der Waals surface area contributed by atoms with Crippen molar-refractivity contribution in [3.63, 3.8) is 0 Å². The molecule has 0 saturated carbocycles. The molecule has 0 atom stereocenters. The monoisotopic (exact) mass is 314 g/mol. The molecule has 0 fully saturated rings. The molecule has 22 heavy (non-hydrogen) atoms. The number of carbonyl (C=O) groups is 1. The smallest absolute Gasteiger partial charge is 0.270 e. The molecule has 0 aliphatic heterocycles. The molecule has 1 aromatic carbocycles. The quantitative estimate of drug-likeness (QED) is 0.737. The van der Waals surface area contributed by atoms with Crippen molar-refractivity contribution < 1.29 is 4.79 Å². The second-order valence-corrected chi connectivity index (χ2v) is 6.35. The van der Waals surface area contributed by atoms with Crippen LogP contribution in [0.4, 0.5) is 0 Å². The van der Waals surface area contributed by atoms with Gasteiger partial charge in [0.1, 0.15) is 5.69 Å². The summed E-state index contributed by atoms with van der Waals surface area (Å²) < 4.78 is 1.99. The fraction of sp³-hybridized carbons (Fsp3) is 0.312. The number of thiazole rings is 1. The molecule has 0 aliphatic carbocycles. The summed E-state index contributed by atoms with van der Waals surface area (Å²) in [4.78, 5) is 16.1. The van der Waals surface area contributed by atoms with E-state index in [0.717, 1.165) is 28.9 Å². The van der Waals surface area contributed by atoms with Crippen LogP contribution in [0.2, 0.25) is 0 Å². The summed E-state index contributed by atoms with van der Waals surface area (Å²) in [6.07, 6.45) is 2.71. The number of nitrogens with one attached hydrogen (secondary N) is 1. The zero-order valence-corrected chi connectivity index (χ0v) is 13.5. The molecule has 2 aromatic heterocycles. The summed E-state index contributed by atoms with van der Waals surface area (Å²) in [6.45, 7) is 5.37. The first-order chi connectivity index (χ1) is 10.6. The molecule has 3 aromatic rings. The van der Waals surface area contributed by atoms with Gasteiger partial charge in [0.25, 0.3) is 5.91 Å². The second kappa shape index (κ2) is 6.27. The van der Waals surface area contributed by atoms with E-state index in [1.165, 1.54) is 16.9 Å². The van der Waals surface area contributed by atoms with Gasteiger partial charge in [-0.3, -0.25) is 9.48 Å². The number of amides is 1. The molecule has 0 spiro atoms. The van der Waals surface area contributed by atoms with Crippen molar-refractivity contribution in [1.29, 1.82) is 0 Å². The lowest BCUT2D eigenvalue weighted by atomic mass is 10.2. The Bertz CT molecular complexity index is 805. The van der Waals surface area contributed by atoms with E-state index < -0.39 is 0 Å². The van der Waals surface area contributed by atoms with Crippen LogP contribution in [0.5, 0.6) is 0 Å². The minimum atomic E-state index is -0.106. The van der Waals surface area contributed by atoms with Gasteiger partial charge >= 0.3 is 0 Å². The van der Waals surface area contributed by atoms with E-state index in [1.807, 2.05) is 17.8 Å². The number of hydrogen-bond acceptors (Lipinski definition) is 4. The van der Waals surface area contributed by atoms with Crippen LogP contribution < -0.4 is 5.32 Å². The van der Waals surface area contributed by atoms with Gasteiger partial charge in [0.2, 0.25) is 0 Å². The molecule has 0 radical (unpaired) electrons. The van der Waals surface area contributed by atoms with Gasteiger partial charge in [0.15, 0.2) is 0 Å². The number of hydrogen-bond donors (Lipinski definition) is 1. The maximum absolute atomic E-state index is 11.9. The van der Waals surface area contributed by atoms with Crippen molar-refractivity contribution in [1.82, 2.24) is 20.1 Å². The summed E-state index contributed by atoms with van der Waals surface area (Å²) in [7, 11) is 0. The number of nitrogens with zero attached hydrogens (tertiary/aromatic N) is 3. The van der Waals surface area contributed by atoms with Crippen LogP contribution in [0.15, 0.2) is 29.8 Å². The maximum atomic E-state index is 11.9. The molecule has 0 saturated heterocycles. The van der Waals surface area contributed by atoms with E-state index in [9.17, 15) is 4.79 Å². The Morgan fingerprint density at radius 1 is 1.36 bits per heavy atom. The van der Waals surface area contributed by atoms with Gasteiger partial charge in [-0.2, -0.15) is 5.10 Å². The van der Waals surface area contributed by atoms with Crippen molar-refractivity contribution in [3.05, 3.63) is 46.0 Å². The zero-order valence-electron chi connectivity index (χ0n) is 12.7. The molecule has 3 rings (SSSR count). The second-order valence-electron chi connectivity index (χ2n) is 5.29. The molecule has 1 N–H and O–H groups in total.